The molecule has 0 bridgehead atoms. The maximum absolute atomic E-state index is 12.2. The molecule has 1 aromatic carbocycles. The molecule has 1 aromatic heterocycles. The Labute approximate surface area is 112 Å². The predicted octanol–water partition coefficient (Wildman–Crippen LogP) is 1.62. The van der Waals surface area contributed by atoms with Crippen molar-refractivity contribution in [3.05, 3.63) is 28.6 Å². The van der Waals surface area contributed by atoms with E-state index in [0.29, 0.717) is 5.75 Å². The maximum atomic E-state index is 12.2. The zero-order valence-corrected chi connectivity index (χ0v) is 11.9. The van der Waals surface area contributed by atoms with Gasteiger partial charge in [0.2, 0.25) is 5.75 Å². The Hall–Kier alpha value is -2.17. The summed E-state index contributed by atoms with van der Waals surface area (Å²) >= 11 is 0. The summed E-state index contributed by atoms with van der Waals surface area (Å²) in [6, 6.07) is 5.87. The third-order valence-corrected chi connectivity index (χ3v) is 3.22. The molecule has 19 heavy (non-hydrogen) atoms. The van der Waals surface area contributed by atoms with Crippen LogP contribution in [0.25, 0.3) is 10.9 Å². The first-order chi connectivity index (χ1) is 9.01. The molecule has 2 rings (SSSR count). The molecule has 5 heteroatoms. The Morgan fingerprint density at radius 3 is 2.26 bits per heavy atom. The highest BCUT2D eigenvalue weighted by Crippen LogP contribution is 2.33. The van der Waals surface area contributed by atoms with Gasteiger partial charge in [-0.05, 0) is 18.2 Å². The number of ether oxygens (including phenoxy) is 2. The minimum Gasteiger partial charge on any atom is -0.492 e. The summed E-state index contributed by atoms with van der Waals surface area (Å²) < 4.78 is 12.1. The van der Waals surface area contributed by atoms with Crippen molar-refractivity contribution in [3.63, 3.8) is 0 Å². The van der Waals surface area contributed by atoms with Crippen molar-refractivity contribution in [2.75, 3.05) is 33.2 Å². The Morgan fingerprint density at radius 1 is 1.11 bits per heavy atom. The fourth-order valence-electron chi connectivity index (χ4n) is 2.13. The number of methoxy groups -OCH3 is 2. The van der Waals surface area contributed by atoms with Crippen LogP contribution >= 0.6 is 0 Å². The largest absolute Gasteiger partial charge is 0.492 e. The number of hydrogen-bond acceptors (Lipinski definition) is 4. The minimum atomic E-state index is -0.206. The van der Waals surface area contributed by atoms with E-state index in [1.807, 2.05) is 37.2 Å². The molecule has 0 fully saturated rings. The molecule has 0 spiro atoms. The van der Waals surface area contributed by atoms with Crippen LogP contribution in [0.15, 0.2) is 23.0 Å². The smallest absolute Gasteiger partial charge is 0.297 e. The zero-order chi connectivity index (χ0) is 14.2. The van der Waals surface area contributed by atoms with Crippen molar-refractivity contribution in [2.45, 2.75) is 0 Å². The molecule has 1 heterocycles. The van der Waals surface area contributed by atoms with Gasteiger partial charge in [-0.3, -0.25) is 4.79 Å². The molecule has 0 saturated carbocycles. The van der Waals surface area contributed by atoms with E-state index in [-0.39, 0.29) is 11.3 Å². The lowest BCUT2D eigenvalue weighted by Crippen LogP contribution is -2.20. The average Bonchev–Trinajstić information content (AvgIpc) is 2.41. The molecule has 0 aliphatic rings. The lowest BCUT2D eigenvalue weighted by molar-refractivity contribution is 0.352. The van der Waals surface area contributed by atoms with Crippen molar-refractivity contribution < 1.29 is 9.47 Å². The van der Waals surface area contributed by atoms with Crippen molar-refractivity contribution in [3.8, 4) is 11.5 Å². The van der Waals surface area contributed by atoms with Crippen LogP contribution in [-0.4, -0.2) is 32.9 Å². The normalized spacial score (nSPS) is 10.6. The zero-order valence-electron chi connectivity index (χ0n) is 11.9. The fourth-order valence-corrected chi connectivity index (χ4v) is 2.13. The number of pyridine rings is 1. The van der Waals surface area contributed by atoms with Crippen molar-refractivity contribution in [2.24, 2.45) is 7.05 Å². The second-order valence-corrected chi connectivity index (χ2v) is 4.53. The van der Waals surface area contributed by atoms with Gasteiger partial charge in [-0.25, -0.2) is 0 Å². The third kappa shape index (κ3) is 2.01. The van der Waals surface area contributed by atoms with Crippen molar-refractivity contribution in [1.82, 2.24) is 4.57 Å². The lowest BCUT2D eigenvalue weighted by Gasteiger charge is -2.17. The number of nitrogens with zero attached hydrogens (tertiary/aromatic N) is 2. The average molecular weight is 262 g/mol. The Balaban J connectivity index is 2.91. The van der Waals surface area contributed by atoms with Gasteiger partial charge in [0.1, 0.15) is 0 Å². The standard InChI is InChI=1S/C14H18N2O3/c1-15(2)9-6-7-10-11(8-9)16(3)14(17)13(19-5)12(10)18-4/h6-8H,1-5H3. The van der Waals surface area contributed by atoms with E-state index in [2.05, 4.69) is 0 Å². The second-order valence-electron chi connectivity index (χ2n) is 4.53. The van der Waals surface area contributed by atoms with E-state index in [4.69, 9.17) is 9.47 Å². The van der Waals surface area contributed by atoms with Gasteiger partial charge in [0.25, 0.3) is 5.56 Å². The van der Waals surface area contributed by atoms with Gasteiger partial charge in [0.15, 0.2) is 5.75 Å². The molecule has 0 N–H and O–H groups in total. The third-order valence-electron chi connectivity index (χ3n) is 3.22. The van der Waals surface area contributed by atoms with Crippen LogP contribution in [0.1, 0.15) is 0 Å². The quantitative estimate of drug-likeness (QED) is 0.843. The van der Waals surface area contributed by atoms with Crippen LogP contribution in [0.5, 0.6) is 11.5 Å². The number of hydrogen-bond donors (Lipinski definition) is 0. The molecule has 5 nitrogen and oxygen atoms in total. The number of aromatic nitrogens is 1. The number of aryl methyl sites for hydroxylation is 1. The van der Waals surface area contributed by atoms with Gasteiger partial charge in [0.05, 0.1) is 19.7 Å². The summed E-state index contributed by atoms with van der Waals surface area (Å²) in [4.78, 5) is 14.2. The van der Waals surface area contributed by atoms with Gasteiger partial charge in [-0.15, -0.1) is 0 Å². The van der Waals surface area contributed by atoms with Crippen molar-refractivity contribution >= 4 is 16.6 Å². The van der Waals surface area contributed by atoms with Crippen LogP contribution in [0.4, 0.5) is 5.69 Å². The van der Waals surface area contributed by atoms with E-state index >= 15 is 0 Å². The molecule has 0 saturated heterocycles. The topological polar surface area (TPSA) is 43.7 Å². The molecule has 0 unspecified atom stereocenters. The fraction of sp³-hybridized carbons (Fsp3) is 0.357. The summed E-state index contributed by atoms with van der Waals surface area (Å²) in [6.07, 6.45) is 0. The predicted molar refractivity (Wildman–Crippen MR) is 76.6 cm³/mol. The molecule has 0 aliphatic carbocycles. The molecule has 0 amide bonds. The van der Waals surface area contributed by atoms with Gasteiger partial charge in [0, 0.05) is 32.2 Å². The van der Waals surface area contributed by atoms with Gasteiger partial charge >= 0.3 is 0 Å². The first kappa shape index (κ1) is 13.3. The highest BCUT2D eigenvalue weighted by molar-refractivity contribution is 5.90. The minimum absolute atomic E-state index is 0.206. The number of rotatable bonds is 3. The first-order valence-corrected chi connectivity index (χ1v) is 5.93. The first-order valence-electron chi connectivity index (χ1n) is 5.93. The Morgan fingerprint density at radius 2 is 1.74 bits per heavy atom. The van der Waals surface area contributed by atoms with E-state index in [9.17, 15) is 4.79 Å². The highest BCUT2D eigenvalue weighted by Gasteiger charge is 2.16. The Kier molecular flexibility index (Phi) is 3.38. The van der Waals surface area contributed by atoms with Crippen LogP contribution in [-0.2, 0) is 7.05 Å². The van der Waals surface area contributed by atoms with Crippen LogP contribution in [0, 0.1) is 0 Å². The van der Waals surface area contributed by atoms with Gasteiger partial charge in [-0.1, -0.05) is 0 Å². The molecule has 0 radical (unpaired) electrons. The summed E-state index contributed by atoms with van der Waals surface area (Å²) in [5.41, 5.74) is 1.63. The van der Waals surface area contributed by atoms with Gasteiger partial charge in [-0.2, -0.15) is 0 Å². The van der Waals surface area contributed by atoms with E-state index < -0.39 is 0 Å². The van der Waals surface area contributed by atoms with Crippen LogP contribution in [0.3, 0.4) is 0 Å². The van der Waals surface area contributed by atoms with Crippen molar-refractivity contribution in [1.29, 1.82) is 0 Å². The summed E-state index contributed by atoms with van der Waals surface area (Å²) in [5, 5.41) is 0.854. The number of fused-ring (bicyclic) bond motifs is 1. The Bertz CT molecular complexity index is 674. The molecular formula is C14H18N2O3. The molecule has 2 aromatic rings. The summed E-state index contributed by atoms with van der Waals surface area (Å²) in [6.45, 7) is 0. The second kappa shape index (κ2) is 4.84. The SMILES string of the molecule is COc1c(OC)c2ccc(N(C)C)cc2n(C)c1=O. The molecule has 102 valence electrons. The summed E-state index contributed by atoms with van der Waals surface area (Å²) in [7, 11) is 8.65. The number of benzene rings is 1. The maximum Gasteiger partial charge on any atom is 0.297 e. The van der Waals surface area contributed by atoms with E-state index in [1.165, 1.54) is 14.2 Å². The molecule has 0 aliphatic heterocycles. The van der Waals surface area contributed by atoms with Gasteiger partial charge < -0.3 is 18.9 Å². The lowest BCUT2D eigenvalue weighted by atomic mass is 10.1. The molecular weight excluding hydrogens is 244 g/mol. The van der Waals surface area contributed by atoms with E-state index in [0.717, 1.165) is 16.6 Å². The van der Waals surface area contributed by atoms with Crippen LogP contribution in [0.2, 0.25) is 0 Å². The monoisotopic (exact) mass is 262 g/mol. The summed E-state index contributed by atoms with van der Waals surface area (Å²) in [5.74, 6) is 0.709. The molecule has 0 atom stereocenters. The van der Waals surface area contributed by atoms with E-state index in [1.54, 1.807) is 11.6 Å². The highest BCUT2D eigenvalue weighted by atomic mass is 16.5. The number of anilines is 1. The van der Waals surface area contributed by atoms with Crippen LogP contribution < -0.4 is 19.9 Å².